The summed E-state index contributed by atoms with van der Waals surface area (Å²) in [6, 6.07) is 13.9. The van der Waals surface area contributed by atoms with Crippen LogP contribution in [0.3, 0.4) is 0 Å². The molecule has 0 heterocycles. The van der Waals surface area contributed by atoms with Crippen LogP contribution in [0.5, 0.6) is 17.2 Å². The maximum absolute atomic E-state index is 12.4. The van der Waals surface area contributed by atoms with Crippen molar-refractivity contribution in [1.82, 2.24) is 0 Å². The molecule has 3 nitrogen and oxygen atoms in total. The number of methoxy groups -OCH3 is 1. The molecule has 0 aliphatic heterocycles. The molecule has 1 atom stereocenters. The lowest BCUT2D eigenvalue weighted by molar-refractivity contribution is 0.0759. The molecule has 0 amide bonds. The number of rotatable bonds is 5. The van der Waals surface area contributed by atoms with E-state index in [-0.39, 0.29) is 0 Å². The molecule has 1 radical (unpaired) electrons. The molecule has 0 aliphatic rings. The Balaban J connectivity index is 2.02. The molecule has 2 rings (SSSR count). The summed E-state index contributed by atoms with van der Waals surface area (Å²) in [5.41, 5.74) is 0.595. The van der Waals surface area contributed by atoms with Crippen molar-refractivity contribution < 1.29 is 19.0 Å². The van der Waals surface area contributed by atoms with Crippen LogP contribution in [0.15, 0.2) is 48.5 Å². The van der Waals surface area contributed by atoms with E-state index in [1.54, 1.807) is 55.6 Å². The minimum atomic E-state index is -1.95. The average Bonchev–Trinajstić information content (AvgIpc) is 2.41. The number of halogens is 1. The fourth-order valence-electron chi connectivity index (χ4n) is 1.59. The summed E-state index contributed by atoms with van der Waals surface area (Å²) < 4.78 is 23.0. The number of benzene rings is 2. The molecule has 0 saturated carbocycles. The second-order valence-corrected chi connectivity index (χ2v) is 3.89. The summed E-state index contributed by atoms with van der Waals surface area (Å²) in [5, 5.41) is 8.59. The Kier molecular flexibility index (Phi) is 4.36. The summed E-state index contributed by atoms with van der Waals surface area (Å²) in [5.74, 6) is 2.08. The first-order valence-corrected chi connectivity index (χ1v) is 5.76. The van der Waals surface area contributed by atoms with Gasteiger partial charge in [0.05, 0.1) is 13.5 Å². The van der Waals surface area contributed by atoms with Gasteiger partial charge in [-0.3, -0.25) is 0 Å². The van der Waals surface area contributed by atoms with Crippen molar-refractivity contribution in [1.29, 1.82) is 0 Å². The number of aliphatic hydroxyl groups is 1. The van der Waals surface area contributed by atoms with Crippen LogP contribution in [0.25, 0.3) is 0 Å². The zero-order chi connectivity index (χ0) is 13.7. The number of aliphatic hydroxyl groups excluding tert-OH is 1. The third-order valence-electron chi connectivity index (χ3n) is 2.51. The maximum atomic E-state index is 12.4. The van der Waals surface area contributed by atoms with Crippen molar-refractivity contribution in [3.05, 3.63) is 60.5 Å². The fourth-order valence-corrected chi connectivity index (χ4v) is 1.59. The van der Waals surface area contributed by atoms with Crippen molar-refractivity contribution in [3.63, 3.8) is 0 Å². The van der Waals surface area contributed by atoms with Crippen LogP contribution < -0.4 is 9.47 Å². The molecule has 0 aromatic heterocycles. The molecular weight excluding hydrogens is 247 g/mol. The first-order chi connectivity index (χ1) is 9.17. The molecule has 99 valence electrons. The molecule has 0 bridgehead atoms. The van der Waals surface area contributed by atoms with Gasteiger partial charge in [0.1, 0.15) is 17.2 Å². The molecule has 19 heavy (non-hydrogen) atoms. The van der Waals surface area contributed by atoms with Gasteiger partial charge in [0, 0.05) is 0 Å². The van der Waals surface area contributed by atoms with Gasteiger partial charge < -0.3 is 14.6 Å². The SMILES string of the molecule is COc1ccc(Oc2ccc([CH]C(O)F)cc2)cc1. The number of hydrogen-bond acceptors (Lipinski definition) is 3. The van der Waals surface area contributed by atoms with Gasteiger partial charge in [0.25, 0.3) is 0 Å². The van der Waals surface area contributed by atoms with Gasteiger partial charge in [-0.1, -0.05) is 12.1 Å². The van der Waals surface area contributed by atoms with Crippen LogP contribution in [0, 0.1) is 6.42 Å². The van der Waals surface area contributed by atoms with Crippen LogP contribution in [0.1, 0.15) is 5.56 Å². The normalized spacial score (nSPS) is 11.9. The standard InChI is InChI=1S/C15H14FO3/c1-18-12-6-8-14(9-7-12)19-13-4-2-11(3-5-13)10-15(16)17/h2-10,15,17H,1H3. The molecular formula is C15H14FO3. The molecule has 4 heteroatoms. The molecule has 0 saturated heterocycles. The topological polar surface area (TPSA) is 38.7 Å². The van der Waals surface area contributed by atoms with Crippen molar-refractivity contribution in [3.8, 4) is 17.2 Å². The Bertz CT molecular complexity index is 506. The predicted octanol–water partition coefficient (Wildman–Crippen LogP) is 3.33. The lowest BCUT2D eigenvalue weighted by Crippen LogP contribution is -1.98. The summed E-state index contributed by atoms with van der Waals surface area (Å²) >= 11 is 0. The second kappa shape index (κ2) is 6.20. The molecule has 1 N–H and O–H groups in total. The monoisotopic (exact) mass is 261 g/mol. The Hall–Kier alpha value is -2.07. The van der Waals surface area contributed by atoms with Crippen molar-refractivity contribution in [2.24, 2.45) is 0 Å². The van der Waals surface area contributed by atoms with Crippen LogP contribution in [0.2, 0.25) is 0 Å². The minimum Gasteiger partial charge on any atom is -0.497 e. The van der Waals surface area contributed by atoms with E-state index in [9.17, 15) is 4.39 Å². The highest BCUT2D eigenvalue weighted by molar-refractivity contribution is 5.37. The van der Waals surface area contributed by atoms with Gasteiger partial charge in [-0.25, -0.2) is 4.39 Å². The first-order valence-electron chi connectivity index (χ1n) is 5.76. The number of hydrogen-bond donors (Lipinski definition) is 1. The van der Waals surface area contributed by atoms with E-state index in [4.69, 9.17) is 14.6 Å². The summed E-state index contributed by atoms with van der Waals surface area (Å²) in [6.07, 6.45) is -0.842. The molecule has 0 fully saturated rings. The minimum absolute atomic E-state index is 0.595. The lowest BCUT2D eigenvalue weighted by atomic mass is 10.1. The second-order valence-electron chi connectivity index (χ2n) is 3.89. The van der Waals surface area contributed by atoms with Gasteiger partial charge >= 0.3 is 0 Å². The fraction of sp³-hybridized carbons (Fsp3) is 0.133. The maximum Gasteiger partial charge on any atom is 0.204 e. The molecule has 2 aromatic carbocycles. The number of alkyl halides is 1. The van der Waals surface area contributed by atoms with Gasteiger partial charge in [-0.2, -0.15) is 0 Å². The Morgan fingerprint density at radius 2 is 1.42 bits per heavy atom. The smallest absolute Gasteiger partial charge is 0.204 e. The Labute approximate surface area is 111 Å². The van der Waals surface area contributed by atoms with E-state index in [0.717, 1.165) is 12.2 Å². The first kappa shape index (κ1) is 13.4. The third kappa shape index (κ3) is 3.96. The summed E-state index contributed by atoms with van der Waals surface area (Å²) in [6.45, 7) is 0. The van der Waals surface area contributed by atoms with Gasteiger partial charge in [-0.15, -0.1) is 0 Å². The summed E-state index contributed by atoms with van der Waals surface area (Å²) in [7, 11) is 1.60. The van der Waals surface area contributed by atoms with Crippen LogP contribution in [-0.2, 0) is 0 Å². The molecule has 0 aliphatic carbocycles. The molecule has 1 unspecified atom stereocenters. The zero-order valence-corrected chi connectivity index (χ0v) is 10.4. The van der Waals surface area contributed by atoms with E-state index in [2.05, 4.69) is 0 Å². The van der Waals surface area contributed by atoms with Crippen LogP contribution in [-0.4, -0.2) is 18.6 Å². The Morgan fingerprint density at radius 3 is 1.89 bits per heavy atom. The van der Waals surface area contributed by atoms with E-state index in [1.165, 1.54) is 0 Å². The highest BCUT2D eigenvalue weighted by Gasteiger charge is 2.03. The average molecular weight is 261 g/mol. The van der Waals surface area contributed by atoms with Crippen LogP contribution >= 0.6 is 0 Å². The molecule has 0 spiro atoms. The van der Waals surface area contributed by atoms with Crippen molar-refractivity contribution in [2.75, 3.05) is 7.11 Å². The highest BCUT2D eigenvalue weighted by atomic mass is 19.1. The largest absolute Gasteiger partial charge is 0.497 e. The zero-order valence-electron chi connectivity index (χ0n) is 10.4. The highest BCUT2D eigenvalue weighted by Crippen LogP contribution is 2.24. The predicted molar refractivity (Wildman–Crippen MR) is 70.0 cm³/mol. The quantitative estimate of drug-likeness (QED) is 0.897. The lowest BCUT2D eigenvalue weighted by Gasteiger charge is -2.07. The van der Waals surface area contributed by atoms with Crippen molar-refractivity contribution in [2.45, 2.75) is 6.36 Å². The van der Waals surface area contributed by atoms with Crippen LogP contribution in [0.4, 0.5) is 4.39 Å². The van der Waals surface area contributed by atoms with Crippen molar-refractivity contribution >= 4 is 0 Å². The molecule has 2 aromatic rings. The van der Waals surface area contributed by atoms with Gasteiger partial charge in [0.15, 0.2) is 0 Å². The third-order valence-corrected chi connectivity index (χ3v) is 2.51. The summed E-state index contributed by atoms with van der Waals surface area (Å²) in [4.78, 5) is 0. The Morgan fingerprint density at radius 1 is 0.947 bits per heavy atom. The van der Waals surface area contributed by atoms with Gasteiger partial charge in [-0.05, 0) is 42.0 Å². The van der Waals surface area contributed by atoms with E-state index < -0.39 is 6.36 Å². The van der Waals surface area contributed by atoms with E-state index in [1.807, 2.05) is 0 Å². The number of ether oxygens (including phenoxy) is 2. The van der Waals surface area contributed by atoms with E-state index >= 15 is 0 Å². The van der Waals surface area contributed by atoms with Gasteiger partial charge in [0.2, 0.25) is 6.36 Å². The van der Waals surface area contributed by atoms with E-state index in [0.29, 0.717) is 17.1 Å².